The highest BCUT2D eigenvalue weighted by molar-refractivity contribution is 6.00. The third-order valence-corrected chi connectivity index (χ3v) is 5.06. The van der Waals surface area contributed by atoms with Gasteiger partial charge in [-0.2, -0.15) is 5.10 Å². The van der Waals surface area contributed by atoms with Crippen LogP contribution in [0.5, 0.6) is 5.75 Å². The summed E-state index contributed by atoms with van der Waals surface area (Å²) in [4.78, 5) is 21.1. The fourth-order valence-electron chi connectivity index (χ4n) is 3.38. The highest BCUT2D eigenvalue weighted by Gasteiger charge is 2.21. The number of ketones is 1. The van der Waals surface area contributed by atoms with E-state index in [4.69, 9.17) is 4.74 Å². The number of H-pyrrole nitrogens is 2. The number of Topliss-reactive ketones (excluding diaryl/α,β-unsaturated/α-hetero) is 1. The van der Waals surface area contributed by atoms with Crippen molar-refractivity contribution >= 4 is 16.8 Å². The summed E-state index contributed by atoms with van der Waals surface area (Å²) in [6.45, 7) is 6.37. The van der Waals surface area contributed by atoms with Crippen LogP contribution in [0.4, 0.5) is 0 Å². The number of para-hydroxylation sites is 2. The van der Waals surface area contributed by atoms with Gasteiger partial charge in [0.15, 0.2) is 11.6 Å². The van der Waals surface area contributed by atoms with E-state index >= 15 is 0 Å². The molecule has 2 aromatic carbocycles. The number of hydrogen-bond acceptors (Lipinski definition) is 4. The summed E-state index contributed by atoms with van der Waals surface area (Å²) >= 11 is 0. The molecule has 0 radical (unpaired) electrons. The van der Waals surface area contributed by atoms with E-state index in [2.05, 4.69) is 40.9 Å². The summed E-state index contributed by atoms with van der Waals surface area (Å²) in [6, 6.07) is 13.6. The van der Waals surface area contributed by atoms with Crippen LogP contribution in [0.25, 0.3) is 22.6 Å². The first-order valence-corrected chi connectivity index (χ1v) is 9.56. The molecule has 4 aromatic rings. The molecule has 0 amide bonds. The quantitative estimate of drug-likeness (QED) is 0.486. The minimum absolute atomic E-state index is 0.0216. The Kier molecular flexibility index (Phi) is 4.70. The maximum Gasteiger partial charge on any atom is 0.171 e. The molecule has 2 aromatic heterocycles. The van der Waals surface area contributed by atoms with Gasteiger partial charge in [0.25, 0.3) is 0 Å². The Balaban J connectivity index is 1.67. The zero-order valence-electron chi connectivity index (χ0n) is 17.0. The van der Waals surface area contributed by atoms with E-state index < -0.39 is 0 Å². The van der Waals surface area contributed by atoms with Crippen LogP contribution >= 0.6 is 0 Å². The largest absolute Gasteiger partial charge is 0.496 e. The molecule has 0 saturated carbocycles. The molecule has 0 aliphatic rings. The van der Waals surface area contributed by atoms with E-state index in [1.807, 2.05) is 42.5 Å². The number of imidazole rings is 1. The molecule has 0 bridgehead atoms. The van der Waals surface area contributed by atoms with Gasteiger partial charge in [-0.25, -0.2) is 4.98 Å². The molecule has 2 N–H and O–H groups in total. The SMILES string of the molecule is COc1ccc(C(C)(C)C)cc1C(=O)Cc1cn[nH]c1-c1nc2ccccc2[nH]1. The Morgan fingerprint density at radius 1 is 1.14 bits per heavy atom. The Labute approximate surface area is 169 Å². The van der Waals surface area contributed by atoms with Crippen LogP contribution in [0.3, 0.4) is 0 Å². The molecular weight excluding hydrogens is 364 g/mol. The van der Waals surface area contributed by atoms with Crippen LogP contribution in [0, 0.1) is 0 Å². The van der Waals surface area contributed by atoms with Crippen molar-refractivity contribution in [3.63, 3.8) is 0 Å². The summed E-state index contributed by atoms with van der Waals surface area (Å²) in [5.41, 5.74) is 4.93. The highest BCUT2D eigenvalue weighted by atomic mass is 16.5. The van der Waals surface area contributed by atoms with Gasteiger partial charge in [-0.1, -0.05) is 39.0 Å². The number of fused-ring (bicyclic) bond motifs is 1. The number of ether oxygens (including phenoxy) is 1. The van der Waals surface area contributed by atoms with E-state index in [-0.39, 0.29) is 17.6 Å². The van der Waals surface area contributed by atoms with Gasteiger partial charge in [0.2, 0.25) is 0 Å². The third-order valence-electron chi connectivity index (χ3n) is 5.06. The van der Waals surface area contributed by atoms with Gasteiger partial charge in [0.05, 0.1) is 29.9 Å². The summed E-state index contributed by atoms with van der Waals surface area (Å²) in [7, 11) is 1.58. The fraction of sp³-hybridized carbons (Fsp3) is 0.261. The lowest BCUT2D eigenvalue weighted by atomic mass is 9.85. The maximum absolute atomic E-state index is 13.2. The average Bonchev–Trinajstić information content (AvgIpc) is 3.32. The van der Waals surface area contributed by atoms with Gasteiger partial charge < -0.3 is 9.72 Å². The van der Waals surface area contributed by atoms with Gasteiger partial charge >= 0.3 is 0 Å². The molecule has 6 nitrogen and oxygen atoms in total. The third kappa shape index (κ3) is 3.66. The van der Waals surface area contributed by atoms with E-state index in [9.17, 15) is 4.79 Å². The first-order chi connectivity index (χ1) is 13.9. The molecular formula is C23H24N4O2. The highest BCUT2D eigenvalue weighted by Crippen LogP contribution is 2.30. The summed E-state index contributed by atoms with van der Waals surface area (Å²) < 4.78 is 5.45. The molecule has 0 aliphatic heterocycles. The number of benzene rings is 2. The van der Waals surface area contributed by atoms with E-state index in [0.29, 0.717) is 17.1 Å². The average molecular weight is 388 g/mol. The Morgan fingerprint density at radius 2 is 1.93 bits per heavy atom. The molecule has 29 heavy (non-hydrogen) atoms. The smallest absolute Gasteiger partial charge is 0.171 e. The van der Waals surface area contributed by atoms with Crippen molar-refractivity contribution < 1.29 is 9.53 Å². The van der Waals surface area contributed by atoms with Crippen molar-refractivity contribution in [3.05, 3.63) is 65.4 Å². The van der Waals surface area contributed by atoms with Gasteiger partial charge in [-0.05, 0) is 35.2 Å². The first kappa shape index (κ1) is 18.9. The number of hydrogen-bond donors (Lipinski definition) is 2. The van der Waals surface area contributed by atoms with Gasteiger partial charge in [0, 0.05) is 12.0 Å². The minimum Gasteiger partial charge on any atom is -0.496 e. The van der Waals surface area contributed by atoms with Crippen LogP contribution < -0.4 is 4.74 Å². The molecule has 0 saturated heterocycles. The predicted molar refractivity (Wildman–Crippen MR) is 113 cm³/mol. The van der Waals surface area contributed by atoms with Crippen molar-refractivity contribution in [1.82, 2.24) is 20.2 Å². The van der Waals surface area contributed by atoms with E-state index in [0.717, 1.165) is 27.9 Å². The molecule has 0 fully saturated rings. The lowest BCUT2D eigenvalue weighted by molar-refractivity contribution is 0.0990. The van der Waals surface area contributed by atoms with Crippen molar-refractivity contribution in [2.45, 2.75) is 32.6 Å². The number of nitrogens with one attached hydrogen (secondary N) is 2. The number of methoxy groups -OCH3 is 1. The van der Waals surface area contributed by atoms with Crippen LogP contribution in [0.2, 0.25) is 0 Å². The predicted octanol–water partition coefficient (Wildman–Crippen LogP) is 4.68. The van der Waals surface area contributed by atoms with Crippen LogP contribution in [0.1, 0.15) is 42.3 Å². The lowest BCUT2D eigenvalue weighted by Gasteiger charge is -2.20. The van der Waals surface area contributed by atoms with Gasteiger partial charge in [0.1, 0.15) is 11.4 Å². The van der Waals surface area contributed by atoms with Crippen LogP contribution in [0.15, 0.2) is 48.7 Å². The number of carbonyl (C=O) groups excluding carboxylic acids is 1. The molecule has 148 valence electrons. The summed E-state index contributed by atoms with van der Waals surface area (Å²) in [6.07, 6.45) is 1.88. The summed E-state index contributed by atoms with van der Waals surface area (Å²) in [5.74, 6) is 1.23. The lowest BCUT2D eigenvalue weighted by Crippen LogP contribution is -2.14. The molecule has 6 heteroatoms. The zero-order valence-corrected chi connectivity index (χ0v) is 17.0. The van der Waals surface area contributed by atoms with E-state index in [1.165, 1.54) is 0 Å². The molecule has 0 aliphatic carbocycles. The second-order valence-corrected chi connectivity index (χ2v) is 8.14. The standard InChI is InChI=1S/C23H24N4O2/c1-23(2,3)15-9-10-20(29-4)16(12-15)19(28)11-14-13-24-27-21(14)22-25-17-7-5-6-8-18(17)26-22/h5-10,12-13H,11H2,1-4H3,(H,24,27)(H,25,26). The summed E-state index contributed by atoms with van der Waals surface area (Å²) in [5, 5.41) is 7.12. The van der Waals surface area contributed by atoms with Gasteiger partial charge in [-0.15, -0.1) is 0 Å². The zero-order chi connectivity index (χ0) is 20.6. The normalized spacial score (nSPS) is 11.7. The number of rotatable bonds is 5. The van der Waals surface area contributed by atoms with Crippen molar-refractivity contribution in [2.75, 3.05) is 7.11 Å². The number of carbonyl (C=O) groups is 1. The van der Waals surface area contributed by atoms with Crippen LogP contribution in [-0.4, -0.2) is 33.1 Å². The van der Waals surface area contributed by atoms with Crippen LogP contribution in [-0.2, 0) is 11.8 Å². The Hall–Kier alpha value is -3.41. The molecule has 4 rings (SSSR count). The Morgan fingerprint density at radius 3 is 2.66 bits per heavy atom. The maximum atomic E-state index is 13.2. The molecule has 0 atom stereocenters. The Bertz CT molecular complexity index is 1150. The first-order valence-electron chi connectivity index (χ1n) is 9.56. The number of nitrogens with zero attached hydrogens (tertiary/aromatic N) is 2. The van der Waals surface area contributed by atoms with Crippen molar-refractivity contribution in [2.24, 2.45) is 0 Å². The topological polar surface area (TPSA) is 83.7 Å². The number of aromatic amines is 2. The van der Waals surface area contributed by atoms with Crippen molar-refractivity contribution in [1.29, 1.82) is 0 Å². The number of aromatic nitrogens is 4. The molecule has 0 unspecified atom stereocenters. The minimum atomic E-state index is -0.0591. The second-order valence-electron chi connectivity index (χ2n) is 8.14. The monoisotopic (exact) mass is 388 g/mol. The second kappa shape index (κ2) is 7.20. The van der Waals surface area contributed by atoms with E-state index in [1.54, 1.807) is 13.3 Å². The molecule has 2 heterocycles. The van der Waals surface area contributed by atoms with Gasteiger partial charge in [-0.3, -0.25) is 9.89 Å². The fourth-order valence-corrected chi connectivity index (χ4v) is 3.38. The van der Waals surface area contributed by atoms with Crippen molar-refractivity contribution in [3.8, 4) is 17.3 Å². The molecule has 0 spiro atoms.